The highest BCUT2D eigenvalue weighted by atomic mass is 16.1. The number of carbonyl (C=O) groups excluding carboxylic acids is 1. The number of hydrogen-bond donors (Lipinski definition) is 2. The Morgan fingerprint density at radius 3 is 3.10 bits per heavy atom. The summed E-state index contributed by atoms with van der Waals surface area (Å²) >= 11 is 0. The van der Waals surface area contributed by atoms with Gasteiger partial charge in [0.25, 0.3) is 0 Å². The van der Waals surface area contributed by atoms with E-state index in [1.165, 1.54) is 24.0 Å². The lowest BCUT2D eigenvalue weighted by molar-refractivity contribution is -0.122. The zero-order valence-corrected chi connectivity index (χ0v) is 12.1. The summed E-state index contributed by atoms with van der Waals surface area (Å²) in [4.78, 5) is 14.8. The van der Waals surface area contributed by atoms with Crippen molar-refractivity contribution in [2.45, 2.75) is 31.3 Å². The van der Waals surface area contributed by atoms with Crippen molar-refractivity contribution in [3.05, 3.63) is 35.4 Å². The number of benzene rings is 1. The van der Waals surface area contributed by atoms with Gasteiger partial charge in [0, 0.05) is 25.7 Å². The molecule has 0 aliphatic carbocycles. The number of likely N-dealkylation sites (N-methyl/N-ethyl adjacent to an activating group) is 1. The normalized spacial score (nSPS) is 26.2. The minimum atomic E-state index is -0.0494. The number of nitrogens with one attached hydrogen (secondary N) is 2. The van der Waals surface area contributed by atoms with Gasteiger partial charge in [-0.3, -0.25) is 4.79 Å². The summed E-state index contributed by atoms with van der Waals surface area (Å²) in [6.07, 6.45) is 2.43. The monoisotopic (exact) mass is 273 g/mol. The Hall–Kier alpha value is -1.39. The van der Waals surface area contributed by atoms with E-state index >= 15 is 0 Å². The first kappa shape index (κ1) is 13.6. The van der Waals surface area contributed by atoms with Crippen LogP contribution in [0.2, 0.25) is 0 Å². The Kier molecular flexibility index (Phi) is 4.03. The Morgan fingerprint density at radius 2 is 2.30 bits per heavy atom. The molecule has 2 unspecified atom stereocenters. The fourth-order valence-corrected chi connectivity index (χ4v) is 3.31. The number of nitrogens with zero attached hydrogens (tertiary/aromatic N) is 1. The second-order valence-corrected chi connectivity index (χ2v) is 5.90. The third-order valence-corrected chi connectivity index (χ3v) is 4.59. The maximum absolute atomic E-state index is 12.5. The quantitative estimate of drug-likeness (QED) is 0.866. The highest BCUT2D eigenvalue weighted by molar-refractivity contribution is 5.84. The maximum Gasteiger partial charge on any atom is 0.228 e. The molecule has 1 aromatic rings. The molecule has 108 valence electrons. The average Bonchev–Trinajstić information content (AvgIpc) is 2.89. The van der Waals surface area contributed by atoms with Crippen LogP contribution in [0.15, 0.2) is 24.3 Å². The first-order valence-corrected chi connectivity index (χ1v) is 7.52. The molecule has 4 heteroatoms. The Morgan fingerprint density at radius 1 is 1.45 bits per heavy atom. The van der Waals surface area contributed by atoms with Gasteiger partial charge in [-0.1, -0.05) is 24.3 Å². The summed E-state index contributed by atoms with van der Waals surface area (Å²) in [7, 11) is 2.14. The third kappa shape index (κ3) is 2.72. The van der Waals surface area contributed by atoms with E-state index in [4.69, 9.17) is 0 Å². The summed E-state index contributed by atoms with van der Waals surface area (Å²) < 4.78 is 0. The van der Waals surface area contributed by atoms with E-state index in [0.717, 1.165) is 26.2 Å². The van der Waals surface area contributed by atoms with Crippen LogP contribution >= 0.6 is 0 Å². The standard InChI is InChI=1S/C16H23N3O/c1-19-8-4-6-13(19)10-18-16(20)15-11-17-9-12-5-2-3-7-14(12)15/h2-3,5,7,13,15,17H,4,6,8-11H2,1H3,(H,18,20). The van der Waals surface area contributed by atoms with E-state index in [-0.39, 0.29) is 11.8 Å². The van der Waals surface area contributed by atoms with E-state index in [2.05, 4.69) is 34.7 Å². The molecule has 0 bridgehead atoms. The second kappa shape index (κ2) is 5.94. The van der Waals surface area contributed by atoms with Gasteiger partial charge in [-0.25, -0.2) is 0 Å². The molecule has 1 amide bonds. The zero-order valence-electron chi connectivity index (χ0n) is 12.1. The number of likely N-dealkylation sites (tertiary alicyclic amines) is 1. The molecular weight excluding hydrogens is 250 g/mol. The number of hydrogen-bond acceptors (Lipinski definition) is 3. The summed E-state index contributed by atoms with van der Waals surface area (Å²) in [5.41, 5.74) is 2.43. The molecular formula is C16H23N3O. The number of fused-ring (bicyclic) bond motifs is 1. The molecule has 20 heavy (non-hydrogen) atoms. The lowest BCUT2D eigenvalue weighted by Gasteiger charge is -2.27. The smallest absolute Gasteiger partial charge is 0.228 e. The maximum atomic E-state index is 12.5. The molecule has 0 aromatic heterocycles. The van der Waals surface area contributed by atoms with Crippen LogP contribution in [-0.4, -0.2) is 43.5 Å². The van der Waals surface area contributed by atoms with Crippen molar-refractivity contribution in [2.24, 2.45) is 0 Å². The molecule has 2 N–H and O–H groups in total. The molecule has 0 spiro atoms. The van der Waals surface area contributed by atoms with E-state index in [1.54, 1.807) is 0 Å². The van der Waals surface area contributed by atoms with Gasteiger partial charge in [0.1, 0.15) is 0 Å². The molecule has 2 aliphatic rings. The average molecular weight is 273 g/mol. The topological polar surface area (TPSA) is 44.4 Å². The largest absolute Gasteiger partial charge is 0.354 e. The molecule has 3 rings (SSSR count). The van der Waals surface area contributed by atoms with Crippen LogP contribution in [0.4, 0.5) is 0 Å². The SMILES string of the molecule is CN1CCCC1CNC(=O)C1CNCc2ccccc21. The molecule has 1 fully saturated rings. The van der Waals surface area contributed by atoms with Crippen molar-refractivity contribution in [3.8, 4) is 0 Å². The van der Waals surface area contributed by atoms with Crippen molar-refractivity contribution in [3.63, 3.8) is 0 Å². The van der Waals surface area contributed by atoms with Crippen molar-refractivity contribution in [2.75, 3.05) is 26.7 Å². The third-order valence-electron chi connectivity index (χ3n) is 4.59. The van der Waals surface area contributed by atoms with Crippen LogP contribution in [0.3, 0.4) is 0 Å². The van der Waals surface area contributed by atoms with E-state index < -0.39 is 0 Å². The zero-order chi connectivity index (χ0) is 13.9. The predicted octanol–water partition coefficient (Wildman–Crippen LogP) is 1.08. The van der Waals surface area contributed by atoms with E-state index in [9.17, 15) is 4.79 Å². The highest BCUT2D eigenvalue weighted by Gasteiger charge is 2.27. The van der Waals surface area contributed by atoms with Gasteiger partial charge in [0.05, 0.1) is 5.92 Å². The van der Waals surface area contributed by atoms with Gasteiger partial charge in [-0.15, -0.1) is 0 Å². The summed E-state index contributed by atoms with van der Waals surface area (Å²) in [5.74, 6) is 0.108. The van der Waals surface area contributed by atoms with Crippen LogP contribution in [0.25, 0.3) is 0 Å². The molecule has 0 saturated carbocycles. The van der Waals surface area contributed by atoms with Gasteiger partial charge >= 0.3 is 0 Å². The fraction of sp³-hybridized carbons (Fsp3) is 0.562. The van der Waals surface area contributed by atoms with Gasteiger partial charge in [0.2, 0.25) is 5.91 Å². The molecule has 0 radical (unpaired) electrons. The van der Waals surface area contributed by atoms with E-state index in [1.807, 2.05) is 12.1 Å². The summed E-state index contributed by atoms with van der Waals surface area (Å²) in [6.45, 7) is 3.52. The summed E-state index contributed by atoms with van der Waals surface area (Å²) in [5, 5.41) is 6.48. The number of carbonyl (C=O) groups is 1. The molecule has 1 aromatic carbocycles. The lowest BCUT2D eigenvalue weighted by atomic mass is 9.90. The van der Waals surface area contributed by atoms with E-state index in [0.29, 0.717) is 6.04 Å². The number of amides is 1. The Labute approximate surface area is 120 Å². The van der Waals surface area contributed by atoms with Gasteiger partial charge in [0.15, 0.2) is 0 Å². The van der Waals surface area contributed by atoms with Crippen molar-refractivity contribution >= 4 is 5.91 Å². The predicted molar refractivity (Wildman–Crippen MR) is 79.6 cm³/mol. The summed E-state index contributed by atoms with van der Waals surface area (Å²) in [6, 6.07) is 8.75. The second-order valence-electron chi connectivity index (χ2n) is 5.90. The van der Waals surface area contributed by atoms with Crippen LogP contribution in [0.5, 0.6) is 0 Å². The van der Waals surface area contributed by atoms with Gasteiger partial charge in [-0.2, -0.15) is 0 Å². The van der Waals surface area contributed by atoms with Gasteiger partial charge < -0.3 is 15.5 Å². The van der Waals surface area contributed by atoms with Crippen molar-refractivity contribution in [1.82, 2.24) is 15.5 Å². The minimum Gasteiger partial charge on any atom is -0.354 e. The highest BCUT2D eigenvalue weighted by Crippen LogP contribution is 2.24. The van der Waals surface area contributed by atoms with Crippen LogP contribution in [0, 0.1) is 0 Å². The lowest BCUT2D eigenvalue weighted by Crippen LogP contribution is -2.43. The first-order chi connectivity index (χ1) is 9.75. The Balaban J connectivity index is 1.63. The molecule has 1 saturated heterocycles. The van der Waals surface area contributed by atoms with Crippen molar-refractivity contribution < 1.29 is 4.79 Å². The van der Waals surface area contributed by atoms with Gasteiger partial charge in [-0.05, 0) is 37.6 Å². The minimum absolute atomic E-state index is 0.0494. The fourth-order valence-electron chi connectivity index (χ4n) is 3.31. The molecule has 2 heterocycles. The Bertz CT molecular complexity index is 488. The molecule has 2 atom stereocenters. The first-order valence-electron chi connectivity index (χ1n) is 7.52. The molecule has 4 nitrogen and oxygen atoms in total. The molecule has 2 aliphatic heterocycles. The van der Waals surface area contributed by atoms with Crippen LogP contribution in [0.1, 0.15) is 29.9 Å². The van der Waals surface area contributed by atoms with Crippen molar-refractivity contribution in [1.29, 1.82) is 0 Å². The number of rotatable bonds is 3. The van der Waals surface area contributed by atoms with Crippen LogP contribution < -0.4 is 10.6 Å². The van der Waals surface area contributed by atoms with Crippen LogP contribution in [-0.2, 0) is 11.3 Å².